The molecule has 0 aliphatic carbocycles. The molecule has 0 spiro atoms. The molecule has 0 saturated heterocycles. The van der Waals surface area contributed by atoms with Crippen LogP contribution >= 0.6 is 0 Å². The van der Waals surface area contributed by atoms with Crippen LogP contribution in [0.3, 0.4) is 0 Å². The van der Waals surface area contributed by atoms with E-state index >= 15 is 0 Å². The smallest absolute Gasteiger partial charge is 0.408 e. The number of hydrogen-bond acceptors (Lipinski definition) is 7. The zero-order chi connectivity index (χ0) is 29.8. The lowest BCUT2D eigenvalue weighted by Crippen LogP contribution is -2.58. The van der Waals surface area contributed by atoms with Gasteiger partial charge >= 0.3 is 12.1 Å². The summed E-state index contributed by atoms with van der Waals surface area (Å²) in [5.74, 6) is -2.87. The molecule has 0 heterocycles. The standard InChI is InChI=1S/C28H44N4O7/c1-17(2)15-21(31-27(37)39-28(5,6)7)25(35)32-23(18(3)4)26(36)30-20(24(29)34)13-14-22(33)38-16-19-11-9-8-10-12-19/h8-12,17-18,20-21,23H,13-16H2,1-7H3,(H2,29,34)(H,30,36)(H,31,37)(H,32,35). The summed E-state index contributed by atoms with van der Waals surface area (Å²) in [7, 11) is 0. The fraction of sp³-hybridized carbons (Fsp3) is 0.607. The fourth-order valence-corrected chi connectivity index (χ4v) is 3.56. The molecule has 39 heavy (non-hydrogen) atoms. The molecule has 218 valence electrons. The van der Waals surface area contributed by atoms with Crippen LogP contribution in [0, 0.1) is 11.8 Å². The second-order valence-corrected chi connectivity index (χ2v) is 11.2. The molecule has 0 bridgehead atoms. The van der Waals surface area contributed by atoms with E-state index in [9.17, 15) is 24.0 Å². The van der Waals surface area contributed by atoms with Crippen molar-refractivity contribution in [3.05, 3.63) is 35.9 Å². The summed E-state index contributed by atoms with van der Waals surface area (Å²) in [5.41, 5.74) is 5.54. The van der Waals surface area contributed by atoms with E-state index in [0.29, 0.717) is 6.42 Å². The molecule has 3 atom stereocenters. The molecule has 0 aliphatic rings. The van der Waals surface area contributed by atoms with Gasteiger partial charge in [-0.25, -0.2) is 4.79 Å². The highest BCUT2D eigenvalue weighted by Crippen LogP contribution is 2.12. The number of rotatable bonds is 14. The lowest BCUT2D eigenvalue weighted by molar-refractivity contribution is -0.145. The summed E-state index contributed by atoms with van der Waals surface area (Å²) in [5, 5.41) is 7.78. The first-order chi connectivity index (χ1) is 18.1. The Bertz CT molecular complexity index is 974. The van der Waals surface area contributed by atoms with E-state index in [-0.39, 0.29) is 31.3 Å². The molecule has 11 nitrogen and oxygen atoms in total. The highest BCUT2D eigenvalue weighted by atomic mass is 16.6. The van der Waals surface area contributed by atoms with Crippen molar-refractivity contribution in [2.45, 2.75) is 98.1 Å². The normalized spacial score (nSPS) is 13.7. The second-order valence-electron chi connectivity index (χ2n) is 11.2. The number of carbonyl (C=O) groups excluding carboxylic acids is 5. The van der Waals surface area contributed by atoms with Crippen LogP contribution < -0.4 is 21.7 Å². The molecule has 1 aromatic rings. The third kappa shape index (κ3) is 13.6. The minimum atomic E-state index is -1.15. The van der Waals surface area contributed by atoms with E-state index in [1.165, 1.54) is 0 Å². The van der Waals surface area contributed by atoms with Gasteiger partial charge in [-0.1, -0.05) is 58.0 Å². The monoisotopic (exact) mass is 548 g/mol. The summed E-state index contributed by atoms with van der Waals surface area (Å²) in [6.07, 6.45) is -0.645. The SMILES string of the molecule is CC(C)CC(NC(=O)OC(C)(C)C)C(=O)NC(C(=O)NC(CCC(=O)OCc1ccccc1)C(N)=O)C(C)C. The maximum atomic E-state index is 13.1. The molecule has 0 radical (unpaired) electrons. The highest BCUT2D eigenvalue weighted by Gasteiger charge is 2.32. The van der Waals surface area contributed by atoms with Crippen molar-refractivity contribution >= 4 is 29.8 Å². The first-order valence-electron chi connectivity index (χ1n) is 13.2. The van der Waals surface area contributed by atoms with Crippen LogP contribution in [0.1, 0.15) is 73.3 Å². The first-order valence-corrected chi connectivity index (χ1v) is 13.2. The Balaban J connectivity index is 2.81. The Morgan fingerprint density at radius 3 is 2.00 bits per heavy atom. The molecule has 11 heteroatoms. The average Bonchev–Trinajstić information content (AvgIpc) is 2.81. The Kier molecular flexibility index (Phi) is 13.4. The van der Waals surface area contributed by atoms with Gasteiger partial charge in [0, 0.05) is 6.42 Å². The number of hydrogen-bond donors (Lipinski definition) is 4. The molecular weight excluding hydrogens is 504 g/mol. The van der Waals surface area contributed by atoms with E-state index in [1.807, 2.05) is 44.2 Å². The minimum Gasteiger partial charge on any atom is -0.461 e. The molecule has 0 aromatic heterocycles. The highest BCUT2D eigenvalue weighted by molar-refractivity contribution is 5.93. The van der Waals surface area contributed by atoms with Gasteiger partial charge in [0.2, 0.25) is 17.7 Å². The third-order valence-electron chi connectivity index (χ3n) is 5.50. The van der Waals surface area contributed by atoms with Gasteiger partial charge in [0.1, 0.15) is 30.3 Å². The largest absolute Gasteiger partial charge is 0.461 e. The lowest BCUT2D eigenvalue weighted by Gasteiger charge is -2.28. The van der Waals surface area contributed by atoms with Crippen molar-refractivity contribution in [3.63, 3.8) is 0 Å². The van der Waals surface area contributed by atoms with Crippen molar-refractivity contribution in [3.8, 4) is 0 Å². The summed E-state index contributed by atoms with van der Waals surface area (Å²) in [6, 6.07) is 6.00. The molecule has 1 aromatic carbocycles. The van der Waals surface area contributed by atoms with Crippen LogP contribution in [0.2, 0.25) is 0 Å². The number of alkyl carbamates (subject to hydrolysis) is 1. The quantitative estimate of drug-likeness (QED) is 0.259. The zero-order valence-corrected chi connectivity index (χ0v) is 24.0. The van der Waals surface area contributed by atoms with Gasteiger partial charge in [-0.2, -0.15) is 0 Å². The van der Waals surface area contributed by atoms with Crippen LogP contribution in [-0.4, -0.2) is 53.5 Å². The Hall–Kier alpha value is -3.63. The van der Waals surface area contributed by atoms with Crippen molar-refractivity contribution in [2.24, 2.45) is 17.6 Å². The molecule has 3 unspecified atom stereocenters. The van der Waals surface area contributed by atoms with Crippen LogP contribution in [0.25, 0.3) is 0 Å². The number of benzene rings is 1. The van der Waals surface area contributed by atoms with E-state index in [2.05, 4.69) is 16.0 Å². The lowest BCUT2D eigenvalue weighted by atomic mass is 9.99. The van der Waals surface area contributed by atoms with Gasteiger partial charge in [-0.3, -0.25) is 19.2 Å². The molecule has 1 rings (SSSR count). The van der Waals surface area contributed by atoms with Crippen LogP contribution in [0.4, 0.5) is 4.79 Å². The summed E-state index contributed by atoms with van der Waals surface area (Å²) >= 11 is 0. The number of primary amides is 1. The summed E-state index contributed by atoms with van der Waals surface area (Å²) < 4.78 is 10.5. The Morgan fingerprint density at radius 1 is 0.872 bits per heavy atom. The van der Waals surface area contributed by atoms with Crippen LogP contribution in [0.15, 0.2) is 30.3 Å². The number of ether oxygens (including phenoxy) is 2. The predicted molar refractivity (Wildman–Crippen MR) is 146 cm³/mol. The Labute approximate surface area is 230 Å². The maximum Gasteiger partial charge on any atom is 0.408 e. The van der Waals surface area contributed by atoms with E-state index in [1.54, 1.807) is 34.6 Å². The van der Waals surface area contributed by atoms with Gasteiger partial charge in [0.15, 0.2) is 0 Å². The van der Waals surface area contributed by atoms with E-state index in [4.69, 9.17) is 15.2 Å². The first kappa shape index (κ1) is 33.4. The van der Waals surface area contributed by atoms with Gasteiger partial charge < -0.3 is 31.2 Å². The number of nitrogens with two attached hydrogens (primary N) is 1. The molecule has 5 N–H and O–H groups in total. The molecule has 0 saturated carbocycles. The van der Waals surface area contributed by atoms with Gasteiger partial charge in [0.25, 0.3) is 0 Å². The average molecular weight is 549 g/mol. The van der Waals surface area contributed by atoms with Crippen LogP contribution in [-0.2, 0) is 35.3 Å². The topological polar surface area (TPSA) is 166 Å². The molecule has 4 amide bonds. The number of amides is 4. The Morgan fingerprint density at radius 2 is 1.49 bits per heavy atom. The zero-order valence-electron chi connectivity index (χ0n) is 24.0. The van der Waals surface area contributed by atoms with Gasteiger partial charge in [-0.15, -0.1) is 0 Å². The van der Waals surface area contributed by atoms with Crippen molar-refractivity contribution < 1.29 is 33.4 Å². The maximum absolute atomic E-state index is 13.1. The summed E-state index contributed by atoms with van der Waals surface area (Å²) in [6.45, 7) is 12.5. The second kappa shape index (κ2) is 15.7. The minimum absolute atomic E-state index is 0.0582. The predicted octanol–water partition coefficient (Wildman–Crippen LogP) is 2.56. The molecular formula is C28H44N4O7. The van der Waals surface area contributed by atoms with Crippen LogP contribution in [0.5, 0.6) is 0 Å². The van der Waals surface area contributed by atoms with Gasteiger partial charge in [-0.05, 0) is 51.0 Å². The number of carbonyl (C=O) groups is 5. The van der Waals surface area contributed by atoms with E-state index in [0.717, 1.165) is 5.56 Å². The third-order valence-corrected chi connectivity index (χ3v) is 5.50. The number of nitrogens with one attached hydrogen (secondary N) is 3. The van der Waals surface area contributed by atoms with Crippen molar-refractivity contribution in [1.29, 1.82) is 0 Å². The fourth-order valence-electron chi connectivity index (χ4n) is 3.56. The van der Waals surface area contributed by atoms with Crippen molar-refractivity contribution in [1.82, 2.24) is 16.0 Å². The molecule has 0 aliphatic heterocycles. The number of esters is 1. The van der Waals surface area contributed by atoms with Crippen molar-refractivity contribution in [2.75, 3.05) is 0 Å². The van der Waals surface area contributed by atoms with E-state index < -0.39 is 53.5 Å². The molecule has 0 fully saturated rings. The summed E-state index contributed by atoms with van der Waals surface area (Å²) in [4.78, 5) is 62.7. The van der Waals surface area contributed by atoms with Gasteiger partial charge in [0.05, 0.1) is 0 Å².